The number of benzene rings is 3. The minimum absolute atomic E-state index is 0. The summed E-state index contributed by atoms with van der Waals surface area (Å²) in [7, 11) is 1.57. The molecule has 0 radical (unpaired) electrons. The van der Waals surface area contributed by atoms with E-state index in [-0.39, 0.29) is 81.8 Å². The molecule has 0 aliphatic rings. The van der Waals surface area contributed by atoms with E-state index < -0.39 is 11.1 Å². The SMILES string of the molecule is COc1cc(N)c(C)cc1N.Nc1ccc(S[O-])c2cc(S(=O)[O-])cc(O)c12.[Na+].[Na+]. The molecule has 0 aromatic heterocycles. The molecule has 1 unspecified atom stereocenters. The first-order chi connectivity index (χ1) is 13.2. The van der Waals surface area contributed by atoms with E-state index in [9.17, 15) is 18.4 Å². The van der Waals surface area contributed by atoms with Gasteiger partial charge in [-0.2, -0.15) is 0 Å². The summed E-state index contributed by atoms with van der Waals surface area (Å²) in [6.45, 7) is 1.91. The number of methoxy groups -OCH3 is 1. The molecule has 0 spiro atoms. The van der Waals surface area contributed by atoms with E-state index in [0.717, 1.165) is 11.6 Å². The molecule has 1 atom stereocenters. The summed E-state index contributed by atoms with van der Waals surface area (Å²) >= 11 is -2.26. The number of anilines is 3. The fraction of sp³-hybridized carbons (Fsp3) is 0.111. The van der Waals surface area contributed by atoms with Crippen LogP contribution in [0, 0.1) is 6.92 Å². The molecule has 0 heterocycles. The van der Waals surface area contributed by atoms with Gasteiger partial charge in [0.05, 0.1) is 12.8 Å². The number of phenolic OH excluding ortho intramolecular Hbond substituents is 1. The van der Waals surface area contributed by atoms with Crippen LogP contribution in [0.25, 0.3) is 10.8 Å². The zero-order valence-electron chi connectivity index (χ0n) is 17.1. The molecule has 7 N–H and O–H groups in total. The zero-order chi connectivity index (χ0) is 21.0. The number of nitrogens with two attached hydrogens (primary N) is 3. The van der Waals surface area contributed by atoms with E-state index in [0.29, 0.717) is 38.5 Å². The third kappa shape index (κ3) is 6.92. The van der Waals surface area contributed by atoms with Crippen LogP contribution in [-0.4, -0.2) is 25.5 Å². The molecule has 3 aromatic rings. The zero-order valence-corrected chi connectivity index (χ0v) is 22.7. The van der Waals surface area contributed by atoms with Gasteiger partial charge < -0.3 is 36.1 Å². The second-order valence-corrected chi connectivity index (χ2v) is 7.33. The molecule has 3 rings (SSSR count). The van der Waals surface area contributed by atoms with Crippen LogP contribution >= 0.6 is 12.0 Å². The Morgan fingerprint density at radius 3 is 2.20 bits per heavy atom. The van der Waals surface area contributed by atoms with Crippen molar-refractivity contribution >= 4 is 51.0 Å². The average Bonchev–Trinajstić information content (AvgIpc) is 2.65. The van der Waals surface area contributed by atoms with Gasteiger partial charge in [0.2, 0.25) is 0 Å². The third-order valence-corrected chi connectivity index (χ3v) is 5.12. The number of nitrogen functional groups attached to an aromatic ring is 3. The van der Waals surface area contributed by atoms with Gasteiger partial charge in [-0.3, -0.25) is 4.21 Å². The Hall–Kier alpha value is -0.660. The summed E-state index contributed by atoms with van der Waals surface area (Å²) in [5.74, 6) is 0.378. The number of phenols is 1. The number of aromatic hydroxyl groups is 1. The Morgan fingerprint density at radius 2 is 1.67 bits per heavy atom. The standard InChI is InChI=1S/C10H9NO4S2.C8H12N2O.2Na/c11-7-1-2-9(16-13)6-3-5(17(14)15)4-8(12)10(6)7;1-5-3-7(10)8(11-2)4-6(5)9;;/h1-4,12-13H,11H2,(H,14,15);3-4H,9-10H2,1-2H3;;/q;;2*+1/p-2. The molecular formula is C18H19N3Na2O5S2. The van der Waals surface area contributed by atoms with E-state index >= 15 is 0 Å². The van der Waals surface area contributed by atoms with E-state index in [2.05, 4.69) is 0 Å². The molecule has 0 aliphatic heterocycles. The van der Waals surface area contributed by atoms with Crippen molar-refractivity contribution in [1.82, 2.24) is 0 Å². The smallest absolute Gasteiger partial charge is 0.795 e. The van der Waals surface area contributed by atoms with Crippen LogP contribution in [0.1, 0.15) is 5.56 Å². The molecule has 8 nitrogen and oxygen atoms in total. The summed E-state index contributed by atoms with van der Waals surface area (Å²) in [4.78, 5) is 0.229. The first kappa shape index (κ1) is 29.3. The van der Waals surface area contributed by atoms with Gasteiger partial charge >= 0.3 is 59.1 Å². The molecule has 0 amide bonds. The van der Waals surface area contributed by atoms with Gasteiger partial charge in [-0.25, -0.2) is 12.0 Å². The van der Waals surface area contributed by atoms with Crippen LogP contribution in [0.15, 0.2) is 46.2 Å². The molecule has 0 fully saturated rings. The summed E-state index contributed by atoms with van der Waals surface area (Å²) < 4.78 is 37.6. The molecular weight excluding hydrogens is 448 g/mol. The van der Waals surface area contributed by atoms with Crippen molar-refractivity contribution in [2.24, 2.45) is 0 Å². The van der Waals surface area contributed by atoms with Crippen LogP contribution in [0.4, 0.5) is 17.1 Å². The second kappa shape index (κ2) is 13.0. The predicted molar refractivity (Wildman–Crippen MR) is 110 cm³/mol. The minimum Gasteiger partial charge on any atom is -0.795 e. The Kier molecular flexibility index (Phi) is 12.7. The normalized spacial score (nSPS) is 10.8. The predicted octanol–water partition coefficient (Wildman–Crippen LogP) is -3.24. The molecule has 150 valence electrons. The third-order valence-electron chi connectivity index (χ3n) is 3.96. The van der Waals surface area contributed by atoms with Gasteiger partial charge in [-0.15, -0.1) is 0 Å². The Labute approximate surface area is 225 Å². The van der Waals surface area contributed by atoms with Crippen molar-refractivity contribution in [2.75, 3.05) is 24.3 Å². The number of aryl methyl sites for hydroxylation is 1. The maximum Gasteiger partial charge on any atom is 1.00 e. The second-order valence-electron chi connectivity index (χ2n) is 5.79. The molecule has 0 aliphatic carbocycles. The maximum atomic E-state index is 10.9. The summed E-state index contributed by atoms with van der Waals surface area (Å²) in [5, 5.41) is 10.4. The van der Waals surface area contributed by atoms with Gasteiger partial charge in [0.1, 0.15) is 11.5 Å². The van der Waals surface area contributed by atoms with Crippen molar-refractivity contribution in [2.45, 2.75) is 16.7 Å². The Morgan fingerprint density at radius 1 is 1.03 bits per heavy atom. The first-order valence-electron chi connectivity index (χ1n) is 7.83. The monoisotopic (exact) mass is 467 g/mol. The fourth-order valence-corrected chi connectivity index (χ4v) is 3.31. The fourth-order valence-electron chi connectivity index (χ4n) is 2.51. The van der Waals surface area contributed by atoms with Crippen LogP contribution in [0.5, 0.6) is 11.5 Å². The van der Waals surface area contributed by atoms with Gasteiger partial charge in [0.25, 0.3) is 0 Å². The van der Waals surface area contributed by atoms with Crippen molar-refractivity contribution in [3.05, 3.63) is 42.0 Å². The van der Waals surface area contributed by atoms with Crippen LogP contribution < -0.4 is 81.1 Å². The average molecular weight is 467 g/mol. The quantitative estimate of drug-likeness (QED) is 0.134. The molecule has 0 saturated carbocycles. The summed E-state index contributed by atoms with van der Waals surface area (Å²) in [6, 6.07) is 8.93. The van der Waals surface area contributed by atoms with Crippen LogP contribution in [-0.2, 0) is 11.1 Å². The van der Waals surface area contributed by atoms with Gasteiger partial charge in [-0.05, 0) is 53.9 Å². The Balaban J connectivity index is 0.000000569. The van der Waals surface area contributed by atoms with Crippen molar-refractivity contribution in [3.63, 3.8) is 0 Å². The minimum atomic E-state index is -2.47. The summed E-state index contributed by atoms with van der Waals surface area (Å²) in [6.07, 6.45) is 0. The van der Waals surface area contributed by atoms with E-state index in [1.54, 1.807) is 19.2 Å². The Bertz CT molecular complexity index is 1050. The topological polar surface area (TPSA) is 171 Å². The largest absolute Gasteiger partial charge is 1.00 e. The van der Waals surface area contributed by atoms with Crippen molar-refractivity contribution in [3.8, 4) is 11.5 Å². The van der Waals surface area contributed by atoms with E-state index in [4.69, 9.17) is 21.9 Å². The molecule has 30 heavy (non-hydrogen) atoms. The number of fused-ring (bicyclic) bond motifs is 1. The van der Waals surface area contributed by atoms with E-state index in [1.807, 2.05) is 6.92 Å². The van der Waals surface area contributed by atoms with Gasteiger partial charge in [0.15, 0.2) is 0 Å². The van der Waals surface area contributed by atoms with Crippen LogP contribution in [0.2, 0.25) is 0 Å². The van der Waals surface area contributed by atoms with Crippen molar-refractivity contribution < 1.29 is 82.3 Å². The van der Waals surface area contributed by atoms with Crippen molar-refractivity contribution in [1.29, 1.82) is 0 Å². The first-order valence-corrected chi connectivity index (χ1v) is 9.65. The molecule has 12 heteroatoms. The molecule has 0 saturated heterocycles. The number of hydrogen-bond acceptors (Lipinski definition) is 9. The number of hydrogen-bond donors (Lipinski definition) is 4. The number of ether oxygens (including phenoxy) is 1. The van der Waals surface area contributed by atoms with Crippen LogP contribution in [0.3, 0.4) is 0 Å². The number of rotatable bonds is 3. The van der Waals surface area contributed by atoms with Gasteiger partial charge in [0, 0.05) is 38.0 Å². The summed E-state index contributed by atoms with van der Waals surface area (Å²) in [5.41, 5.74) is 19.5. The maximum absolute atomic E-state index is 10.9. The molecule has 0 bridgehead atoms. The van der Waals surface area contributed by atoms with Gasteiger partial charge in [-0.1, -0.05) is 0 Å². The van der Waals surface area contributed by atoms with E-state index in [1.165, 1.54) is 18.2 Å². The molecule has 3 aromatic carbocycles.